The van der Waals surface area contributed by atoms with Crippen LogP contribution in [0.4, 0.5) is 32.2 Å². The molecule has 4 rings (SSSR count). The zero-order valence-electron chi connectivity index (χ0n) is 22.8. The number of pyridine rings is 1. The Hall–Kier alpha value is -2.94. The van der Waals surface area contributed by atoms with Crippen molar-refractivity contribution in [2.45, 2.75) is 83.4 Å². The number of hydrogen-bond acceptors (Lipinski definition) is 7. The lowest BCUT2D eigenvalue weighted by Gasteiger charge is -2.28. The zero-order valence-corrected chi connectivity index (χ0v) is 23.6. The summed E-state index contributed by atoms with van der Waals surface area (Å²) in [6.07, 6.45) is -5.71. The van der Waals surface area contributed by atoms with E-state index in [0.717, 1.165) is 45.7 Å². The summed E-state index contributed by atoms with van der Waals surface area (Å²) in [7, 11) is 0. The standard InChI is InChI=1S/C26H31F6N5O3S/c1-23(2,26(30,31)32)11-34-17-9-16(25(27,28)29)15(10-33-17)19-18(22(39)37-13-5-6-14(37)8-7-13)36-21(41-19)20(38)35-12-24(3,4)40/h9-10,13-14,40H,5-8,11-12H2,1-4H3,(H,33,34)(H,35,38). The number of alkyl halides is 6. The second-order valence-electron chi connectivity index (χ2n) is 11.7. The first kappa shape index (κ1) is 31.0. The quantitative estimate of drug-likeness (QED) is 0.343. The summed E-state index contributed by atoms with van der Waals surface area (Å²) in [5.41, 5.74) is -5.62. The number of amides is 2. The molecule has 3 N–H and O–H groups in total. The Bertz CT molecular complexity index is 1300. The summed E-state index contributed by atoms with van der Waals surface area (Å²) in [6, 6.07) is 0.445. The van der Waals surface area contributed by atoms with Crippen molar-refractivity contribution in [3.8, 4) is 10.4 Å². The van der Waals surface area contributed by atoms with Crippen molar-refractivity contribution in [1.29, 1.82) is 0 Å². The summed E-state index contributed by atoms with van der Waals surface area (Å²) in [5.74, 6) is -1.81. The van der Waals surface area contributed by atoms with Gasteiger partial charge in [-0.25, -0.2) is 9.97 Å². The summed E-state index contributed by atoms with van der Waals surface area (Å²) in [6.45, 7) is 3.81. The van der Waals surface area contributed by atoms with E-state index >= 15 is 0 Å². The fourth-order valence-corrected chi connectivity index (χ4v) is 5.86. The predicted octanol–water partition coefficient (Wildman–Crippen LogP) is 5.49. The van der Waals surface area contributed by atoms with Crippen LogP contribution in [-0.4, -0.2) is 68.7 Å². The lowest BCUT2D eigenvalue weighted by atomic mass is 9.93. The Labute approximate surface area is 236 Å². The van der Waals surface area contributed by atoms with Gasteiger partial charge in [0.15, 0.2) is 5.01 Å². The number of rotatable bonds is 8. The van der Waals surface area contributed by atoms with Gasteiger partial charge in [0.2, 0.25) is 0 Å². The van der Waals surface area contributed by atoms with Crippen LogP contribution in [0.25, 0.3) is 10.4 Å². The second-order valence-corrected chi connectivity index (χ2v) is 12.7. The normalized spacial score (nSPS) is 19.5. The van der Waals surface area contributed by atoms with Gasteiger partial charge in [0.05, 0.1) is 21.5 Å². The fraction of sp³-hybridized carbons (Fsp3) is 0.615. The Morgan fingerprint density at radius 3 is 2.12 bits per heavy atom. The van der Waals surface area contributed by atoms with Crippen LogP contribution in [0, 0.1) is 5.41 Å². The predicted molar refractivity (Wildman–Crippen MR) is 140 cm³/mol. The molecular formula is C26H31F6N5O3S. The number of aliphatic hydroxyl groups is 1. The first-order chi connectivity index (χ1) is 18.8. The Kier molecular flexibility index (Phi) is 8.10. The minimum atomic E-state index is -4.98. The summed E-state index contributed by atoms with van der Waals surface area (Å²) < 4.78 is 82.7. The second kappa shape index (κ2) is 10.7. The van der Waals surface area contributed by atoms with Crippen molar-refractivity contribution in [1.82, 2.24) is 20.2 Å². The smallest absolute Gasteiger partial charge is 0.389 e. The molecule has 2 fully saturated rings. The molecule has 0 spiro atoms. The molecule has 0 radical (unpaired) electrons. The summed E-state index contributed by atoms with van der Waals surface area (Å²) >= 11 is 0.577. The molecule has 2 amide bonds. The minimum absolute atomic E-state index is 0.0710. The lowest BCUT2D eigenvalue weighted by Crippen LogP contribution is -2.38. The molecule has 2 saturated heterocycles. The molecule has 0 unspecified atom stereocenters. The van der Waals surface area contributed by atoms with E-state index < -0.39 is 58.7 Å². The van der Waals surface area contributed by atoms with Crippen LogP contribution in [0.5, 0.6) is 0 Å². The van der Waals surface area contributed by atoms with Crippen LogP contribution in [0.1, 0.15) is 79.2 Å². The maximum absolute atomic E-state index is 14.3. The molecule has 8 nitrogen and oxygen atoms in total. The average Bonchev–Trinajstić information content (AvgIpc) is 3.58. The van der Waals surface area contributed by atoms with Crippen molar-refractivity contribution in [2.24, 2.45) is 5.41 Å². The highest BCUT2D eigenvalue weighted by Gasteiger charge is 2.47. The third-order valence-corrected chi connectivity index (χ3v) is 8.41. The molecule has 2 aliphatic heterocycles. The van der Waals surface area contributed by atoms with E-state index in [1.165, 1.54) is 13.8 Å². The average molecular weight is 608 g/mol. The number of nitrogens with one attached hydrogen (secondary N) is 2. The molecule has 226 valence electrons. The van der Waals surface area contributed by atoms with E-state index in [0.29, 0.717) is 17.4 Å². The topological polar surface area (TPSA) is 107 Å². The Morgan fingerprint density at radius 2 is 1.61 bits per heavy atom. The van der Waals surface area contributed by atoms with Gasteiger partial charge < -0.3 is 20.6 Å². The molecule has 2 aliphatic rings. The molecule has 41 heavy (non-hydrogen) atoms. The molecular weight excluding hydrogens is 576 g/mol. The highest BCUT2D eigenvalue weighted by molar-refractivity contribution is 7.17. The van der Waals surface area contributed by atoms with Gasteiger partial charge in [-0.3, -0.25) is 9.59 Å². The number of hydrogen-bond donors (Lipinski definition) is 3. The number of aromatic nitrogens is 2. The Morgan fingerprint density at radius 1 is 1.02 bits per heavy atom. The van der Waals surface area contributed by atoms with Crippen LogP contribution in [-0.2, 0) is 6.18 Å². The molecule has 0 aliphatic carbocycles. The molecule has 0 aromatic carbocycles. The summed E-state index contributed by atoms with van der Waals surface area (Å²) in [5, 5.41) is 14.5. The van der Waals surface area contributed by atoms with Gasteiger partial charge in [0.25, 0.3) is 11.8 Å². The molecule has 4 heterocycles. The molecule has 15 heteroatoms. The van der Waals surface area contributed by atoms with Gasteiger partial charge in [0.1, 0.15) is 11.5 Å². The monoisotopic (exact) mass is 607 g/mol. The van der Waals surface area contributed by atoms with Crippen molar-refractivity contribution < 1.29 is 41.0 Å². The number of fused-ring (bicyclic) bond motifs is 2. The molecule has 2 aromatic heterocycles. The molecule has 0 atom stereocenters. The minimum Gasteiger partial charge on any atom is -0.389 e. The molecule has 2 aromatic rings. The van der Waals surface area contributed by atoms with Crippen LogP contribution in [0.3, 0.4) is 0 Å². The van der Waals surface area contributed by atoms with Gasteiger partial charge >= 0.3 is 12.4 Å². The van der Waals surface area contributed by atoms with E-state index in [9.17, 15) is 41.0 Å². The van der Waals surface area contributed by atoms with Gasteiger partial charge in [-0.15, -0.1) is 11.3 Å². The maximum Gasteiger partial charge on any atom is 0.417 e. The fourth-order valence-electron chi connectivity index (χ4n) is 4.86. The van der Waals surface area contributed by atoms with E-state index in [2.05, 4.69) is 20.6 Å². The number of halogens is 6. The van der Waals surface area contributed by atoms with E-state index in [1.807, 2.05) is 0 Å². The lowest BCUT2D eigenvalue weighted by molar-refractivity contribution is -0.206. The zero-order chi connectivity index (χ0) is 30.5. The van der Waals surface area contributed by atoms with Crippen LogP contribution >= 0.6 is 11.3 Å². The van der Waals surface area contributed by atoms with Crippen molar-refractivity contribution in [3.63, 3.8) is 0 Å². The van der Waals surface area contributed by atoms with E-state index in [-0.39, 0.29) is 34.2 Å². The maximum atomic E-state index is 14.3. The Balaban J connectivity index is 1.76. The largest absolute Gasteiger partial charge is 0.417 e. The number of carbonyl (C=O) groups is 2. The van der Waals surface area contributed by atoms with Crippen molar-refractivity contribution in [3.05, 3.63) is 28.5 Å². The SMILES string of the molecule is CC(C)(O)CNC(=O)c1nc(C(=O)N2C3CCC2CC3)c(-c2cnc(NCC(C)(C)C(F)(F)F)cc2C(F)(F)F)s1. The van der Waals surface area contributed by atoms with Gasteiger partial charge in [-0.1, -0.05) is 0 Å². The third kappa shape index (κ3) is 6.60. The molecule has 0 saturated carbocycles. The van der Waals surface area contributed by atoms with Crippen LogP contribution in [0.15, 0.2) is 12.3 Å². The third-order valence-electron chi connectivity index (χ3n) is 7.33. The van der Waals surface area contributed by atoms with Gasteiger partial charge in [-0.05, 0) is 59.4 Å². The number of anilines is 1. The highest BCUT2D eigenvalue weighted by atomic mass is 32.1. The summed E-state index contributed by atoms with van der Waals surface area (Å²) in [4.78, 5) is 36.0. The number of thiazole rings is 1. The first-order valence-corrected chi connectivity index (χ1v) is 13.8. The molecule has 2 bridgehead atoms. The van der Waals surface area contributed by atoms with Crippen LogP contribution < -0.4 is 10.6 Å². The van der Waals surface area contributed by atoms with Crippen molar-refractivity contribution >= 4 is 29.0 Å². The van der Waals surface area contributed by atoms with Gasteiger partial charge in [0, 0.05) is 36.9 Å². The van der Waals surface area contributed by atoms with E-state index in [4.69, 9.17) is 0 Å². The first-order valence-electron chi connectivity index (χ1n) is 13.0. The number of carbonyl (C=O) groups excluding carboxylic acids is 2. The van der Waals surface area contributed by atoms with Crippen molar-refractivity contribution in [2.75, 3.05) is 18.4 Å². The van der Waals surface area contributed by atoms with E-state index in [1.54, 1.807) is 4.90 Å². The highest BCUT2D eigenvalue weighted by Crippen LogP contribution is 2.44. The van der Waals surface area contributed by atoms with Gasteiger partial charge in [-0.2, -0.15) is 26.3 Å². The van der Waals surface area contributed by atoms with Crippen LogP contribution in [0.2, 0.25) is 0 Å². The number of nitrogens with zero attached hydrogens (tertiary/aromatic N) is 3.